The summed E-state index contributed by atoms with van der Waals surface area (Å²) >= 11 is 6.01. The number of para-hydroxylation sites is 1. The largest absolute Gasteiger partial charge is 0.453 e. The second-order valence-corrected chi connectivity index (χ2v) is 6.34. The number of aryl methyl sites for hydroxylation is 2. The van der Waals surface area contributed by atoms with E-state index in [1.54, 1.807) is 38.1 Å². The molecule has 0 bridgehead atoms. The van der Waals surface area contributed by atoms with Crippen LogP contribution in [0, 0.1) is 13.8 Å². The maximum absolute atomic E-state index is 12.8. The number of benzene rings is 1. The van der Waals surface area contributed by atoms with E-state index in [1.165, 1.54) is 0 Å². The van der Waals surface area contributed by atoms with Crippen LogP contribution in [0.5, 0.6) is 0 Å². The molecular formula is C17H15ClF3N5O. The number of carbonyl (C=O) groups excluding carboxylic acids is 1. The summed E-state index contributed by atoms with van der Waals surface area (Å²) in [5, 5.41) is 6.62. The molecule has 0 radical (unpaired) electrons. The Hall–Kier alpha value is -2.68. The van der Waals surface area contributed by atoms with Gasteiger partial charge in [0.2, 0.25) is 5.91 Å². The number of nitrogens with one attached hydrogen (secondary N) is 1. The number of carbonyl (C=O) groups is 1. The van der Waals surface area contributed by atoms with Gasteiger partial charge in [0.1, 0.15) is 0 Å². The third kappa shape index (κ3) is 4.02. The summed E-state index contributed by atoms with van der Waals surface area (Å²) < 4.78 is 39.5. The van der Waals surface area contributed by atoms with Gasteiger partial charge in [-0.05, 0) is 38.0 Å². The maximum atomic E-state index is 12.8. The molecule has 0 saturated heterocycles. The average molecular weight is 398 g/mol. The molecule has 0 atom stereocenters. The summed E-state index contributed by atoms with van der Waals surface area (Å²) in [6.45, 7) is 3.29. The molecule has 0 fully saturated rings. The molecule has 142 valence electrons. The van der Waals surface area contributed by atoms with E-state index in [4.69, 9.17) is 11.6 Å². The highest BCUT2D eigenvalue weighted by Crippen LogP contribution is 2.27. The lowest BCUT2D eigenvalue weighted by atomic mass is 10.1. The van der Waals surface area contributed by atoms with Crippen molar-refractivity contribution in [3.8, 4) is 0 Å². The van der Waals surface area contributed by atoms with Crippen molar-refractivity contribution in [2.24, 2.45) is 0 Å². The Bertz CT molecular complexity index is 1020. The van der Waals surface area contributed by atoms with Crippen molar-refractivity contribution in [1.29, 1.82) is 0 Å². The van der Waals surface area contributed by atoms with E-state index in [0.29, 0.717) is 27.7 Å². The molecule has 0 aliphatic heterocycles. The van der Waals surface area contributed by atoms with Gasteiger partial charge in [-0.25, -0.2) is 9.50 Å². The molecule has 10 heteroatoms. The fraction of sp³-hybridized carbons (Fsp3) is 0.294. The zero-order valence-electron chi connectivity index (χ0n) is 14.4. The van der Waals surface area contributed by atoms with E-state index in [9.17, 15) is 18.0 Å². The topological polar surface area (TPSA) is 72.2 Å². The Balaban J connectivity index is 1.80. The predicted octanol–water partition coefficient (Wildman–Crippen LogP) is 3.98. The number of alkyl halides is 3. The van der Waals surface area contributed by atoms with Crippen LogP contribution in [0.1, 0.15) is 29.2 Å². The second kappa shape index (κ2) is 7.15. The van der Waals surface area contributed by atoms with Gasteiger partial charge >= 0.3 is 6.18 Å². The highest BCUT2D eigenvalue weighted by atomic mass is 35.5. The first-order valence-electron chi connectivity index (χ1n) is 8.01. The number of anilines is 1. The fourth-order valence-electron chi connectivity index (χ4n) is 2.70. The second-order valence-electron chi connectivity index (χ2n) is 5.93. The molecule has 0 saturated carbocycles. The molecule has 0 spiro atoms. The first-order chi connectivity index (χ1) is 12.7. The van der Waals surface area contributed by atoms with Crippen LogP contribution in [0.25, 0.3) is 5.78 Å². The van der Waals surface area contributed by atoms with Crippen LogP contribution in [0.2, 0.25) is 5.02 Å². The van der Waals surface area contributed by atoms with E-state index in [0.717, 1.165) is 4.52 Å². The number of fused-ring (bicyclic) bond motifs is 1. The standard InChI is InChI=1S/C17H15ClF3N5O/c1-9-11(7-8-14(27)23-13-6-4-3-5-12(13)18)10(2)26-16(22-9)24-15(25-26)17(19,20)21/h3-6H,7-8H2,1-2H3,(H,23,27). The Labute approximate surface area is 157 Å². The van der Waals surface area contributed by atoms with Crippen molar-refractivity contribution in [1.82, 2.24) is 19.6 Å². The minimum atomic E-state index is -4.65. The van der Waals surface area contributed by atoms with Gasteiger partial charge in [0.05, 0.1) is 10.7 Å². The average Bonchev–Trinajstić information content (AvgIpc) is 3.01. The lowest BCUT2D eigenvalue weighted by Crippen LogP contribution is -2.14. The van der Waals surface area contributed by atoms with E-state index in [-0.39, 0.29) is 24.5 Å². The lowest BCUT2D eigenvalue weighted by molar-refractivity contribution is -0.144. The smallest absolute Gasteiger partial charge is 0.325 e. The number of aromatic nitrogens is 4. The van der Waals surface area contributed by atoms with Crippen LogP contribution < -0.4 is 5.32 Å². The minimum absolute atomic E-state index is 0.112. The van der Waals surface area contributed by atoms with Crippen LogP contribution in [-0.4, -0.2) is 25.5 Å². The Morgan fingerprint density at radius 2 is 1.93 bits per heavy atom. The molecule has 2 heterocycles. The van der Waals surface area contributed by atoms with Crippen LogP contribution >= 0.6 is 11.6 Å². The number of nitrogens with zero attached hydrogens (tertiary/aromatic N) is 4. The first kappa shape index (κ1) is 19.1. The van der Waals surface area contributed by atoms with Gasteiger partial charge in [-0.15, -0.1) is 5.10 Å². The van der Waals surface area contributed by atoms with E-state index in [1.807, 2.05) is 0 Å². The Kier molecular flexibility index (Phi) is 5.05. The Morgan fingerprint density at radius 3 is 2.59 bits per heavy atom. The SMILES string of the molecule is Cc1nc2nc(C(F)(F)F)nn2c(C)c1CCC(=O)Nc1ccccc1Cl. The number of amides is 1. The maximum Gasteiger partial charge on any atom is 0.453 e. The molecule has 3 aromatic rings. The van der Waals surface area contributed by atoms with E-state index < -0.39 is 12.0 Å². The summed E-state index contributed by atoms with van der Waals surface area (Å²) in [6, 6.07) is 6.83. The first-order valence-corrected chi connectivity index (χ1v) is 8.39. The van der Waals surface area contributed by atoms with Gasteiger partial charge < -0.3 is 5.32 Å². The van der Waals surface area contributed by atoms with Crippen molar-refractivity contribution < 1.29 is 18.0 Å². The third-order valence-electron chi connectivity index (χ3n) is 4.05. The highest BCUT2D eigenvalue weighted by molar-refractivity contribution is 6.33. The predicted molar refractivity (Wildman–Crippen MR) is 93.7 cm³/mol. The van der Waals surface area contributed by atoms with Crippen LogP contribution in [0.3, 0.4) is 0 Å². The van der Waals surface area contributed by atoms with Gasteiger partial charge in [-0.2, -0.15) is 18.2 Å². The van der Waals surface area contributed by atoms with Crippen LogP contribution in [0.4, 0.5) is 18.9 Å². The molecule has 2 aromatic heterocycles. The number of halogens is 4. The van der Waals surface area contributed by atoms with Gasteiger partial charge in [0, 0.05) is 17.8 Å². The molecule has 3 rings (SSSR count). The van der Waals surface area contributed by atoms with Gasteiger partial charge in [0.25, 0.3) is 11.6 Å². The molecule has 1 N–H and O–H groups in total. The fourth-order valence-corrected chi connectivity index (χ4v) is 2.89. The summed E-state index contributed by atoms with van der Waals surface area (Å²) in [6.07, 6.45) is -4.25. The summed E-state index contributed by atoms with van der Waals surface area (Å²) in [5.74, 6) is -1.63. The molecule has 1 amide bonds. The van der Waals surface area contributed by atoms with Crippen molar-refractivity contribution in [2.75, 3.05) is 5.32 Å². The van der Waals surface area contributed by atoms with Crippen molar-refractivity contribution in [3.05, 3.63) is 52.1 Å². The molecule has 0 unspecified atom stereocenters. The van der Waals surface area contributed by atoms with Gasteiger partial charge in [-0.3, -0.25) is 4.79 Å². The number of hydrogen-bond donors (Lipinski definition) is 1. The molecule has 27 heavy (non-hydrogen) atoms. The molecule has 6 nitrogen and oxygen atoms in total. The third-order valence-corrected chi connectivity index (χ3v) is 4.38. The zero-order valence-corrected chi connectivity index (χ0v) is 15.2. The van der Waals surface area contributed by atoms with Crippen molar-refractivity contribution in [2.45, 2.75) is 32.9 Å². The molecular weight excluding hydrogens is 383 g/mol. The highest BCUT2D eigenvalue weighted by Gasteiger charge is 2.36. The summed E-state index contributed by atoms with van der Waals surface area (Å²) in [4.78, 5) is 19.7. The van der Waals surface area contributed by atoms with Crippen molar-refractivity contribution in [3.63, 3.8) is 0 Å². The van der Waals surface area contributed by atoms with E-state index in [2.05, 4.69) is 20.4 Å². The van der Waals surface area contributed by atoms with Crippen LogP contribution in [0.15, 0.2) is 24.3 Å². The monoisotopic (exact) mass is 397 g/mol. The summed E-state index contributed by atoms with van der Waals surface area (Å²) in [7, 11) is 0. The Morgan fingerprint density at radius 1 is 1.22 bits per heavy atom. The molecule has 1 aromatic carbocycles. The normalized spacial score (nSPS) is 11.8. The number of rotatable bonds is 4. The van der Waals surface area contributed by atoms with Crippen molar-refractivity contribution >= 4 is 29.0 Å². The minimum Gasteiger partial charge on any atom is -0.325 e. The van der Waals surface area contributed by atoms with Gasteiger partial charge in [-0.1, -0.05) is 23.7 Å². The zero-order chi connectivity index (χ0) is 19.8. The molecule has 0 aliphatic carbocycles. The number of hydrogen-bond acceptors (Lipinski definition) is 4. The van der Waals surface area contributed by atoms with E-state index >= 15 is 0 Å². The summed E-state index contributed by atoms with van der Waals surface area (Å²) in [5.41, 5.74) is 2.12. The molecule has 0 aliphatic rings. The van der Waals surface area contributed by atoms with Crippen LogP contribution in [-0.2, 0) is 17.4 Å². The quantitative estimate of drug-likeness (QED) is 0.722. The lowest BCUT2D eigenvalue weighted by Gasteiger charge is -2.11. The van der Waals surface area contributed by atoms with Gasteiger partial charge in [0.15, 0.2) is 0 Å².